The van der Waals surface area contributed by atoms with Crippen molar-refractivity contribution in [2.45, 2.75) is 26.4 Å². The number of benzene rings is 2. The van der Waals surface area contributed by atoms with Gasteiger partial charge >= 0.3 is 0 Å². The van der Waals surface area contributed by atoms with Gasteiger partial charge in [-0.15, -0.1) is 0 Å². The molecule has 3 rings (SSSR count). The first-order valence-electron chi connectivity index (χ1n) is 8.75. The molecule has 2 N–H and O–H groups in total. The Morgan fingerprint density at radius 3 is 2.37 bits per heavy atom. The average molecular weight is 362 g/mol. The molecule has 6 heteroatoms. The van der Waals surface area contributed by atoms with E-state index in [0.717, 1.165) is 16.8 Å². The van der Waals surface area contributed by atoms with E-state index >= 15 is 0 Å². The molecule has 6 nitrogen and oxygen atoms in total. The van der Waals surface area contributed by atoms with Gasteiger partial charge in [0.2, 0.25) is 5.91 Å². The van der Waals surface area contributed by atoms with Gasteiger partial charge in [-0.2, -0.15) is 0 Å². The third-order valence-electron chi connectivity index (χ3n) is 4.30. The summed E-state index contributed by atoms with van der Waals surface area (Å²) in [4.78, 5) is 27.5. The van der Waals surface area contributed by atoms with Crippen LogP contribution in [-0.4, -0.2) is 21.4 Å². The molecule has 1 atom stereocenters. The van der Waals surface area contributed by atoms with Crippen molar-refractivity contribution >= 4 is 11.8 Å². The van der Waals surface area contributed by atoms with Crippen LogP contribution in [0.3, 0.4) is 0 Å². The van der Waals surface area contributed by atoms with E-state index < -0.39 is 0 Å². The molecule has 0 spiro atoms. The molecule has 1 heterocycles. The number of imidazole rings is 1. The molecule has 0 fully saturated rings. The number of nitrogens with one attached hydrogen (secondary N) is 2. The molecule has 1 unspecified atom stereocenters. The number of aromatic nitrogens is 2. The number of carbonyl (C=O) groups excluding carboxylic acids is 2. The molecule has 2 amide bonds. The predicted molar refractivity (Wildman–Crippen MR) is 103 cm³/mol. The van der Waals surface area contributed by atoms with Crippen molar-refractivity contribution in [2.24, 2.45) is 0 Å². The molecule has 0 radical (unpaired) electrons. The van der Waals surface area contributed by atoms with Crippen molar-refractivity contribution in [1.29, 1.82) is 0 Å². The molecule has 0 aliphatic heterocycles. The molecule has 0 saturated heterocycles. The molecule has 0 saturated carbocycles. The Balaban J connectivity index is 1.60. The second kappa shape index (κ2) is 8.31. The molecule has 0 aliphatic rings. The maximum Gasteiger partial charge on any atom is 0.251 e. The SMILES string of the molecule is CC(=O)NCc1ccc(C(=O)NC(C)c2ccc(-n3ccnc3)cc2)cc1. The summed E-state index contributed by atoms with van der Waals surface area (Å²) in [5.41, 5.74) is 3.58. The van der Waals surface area contributed by atoms with E-state index in [1.807, 2.05) is 54.1 Å². The summed E-state index contributed by atoms with van der Waals surface area (Å²) in [5.74, 6) is -0.211. The number of nitrogens with zero attached hydrogens (tertiary/aromatic N) is 2. The van der Waals surface area contributed by atoms with Crippen LogP contribution < -0.4 is 10.6 Å². The van der Waals surface area contributed by atoms with E-state index in [2.05, 4.69) is 15.6 Å². The summed E-state index contributed by atoms with van der Waals surface area (Å²) in [6.07, 6.45) is 5.36. The Bertz CT molecular complexity index is 900. The van der Waals surface area contributed by atoms with Gasteiger partial charge in [-0.3, -0.25) is 9.59 Å². The standard InChI is InChI=1S/C21H22N4O2/c1-15(18-7-9-20(10-8-18)25-12-11-22-14-25)24-21(27)19-5-3-17(4-6-19)13-23-16(2)26/h3-12,14-15H,13H2,1-2H3,(H,23,26)(H,24,27). The van der Waals surface area contributed by atoms with Crippen molar-refractivity contribution in [3.05, 3.63) is 83.9 Å². The van der Waals surface area contributed by atoms with E-state index in [1.165, 1.54) is 6.92 Å². The van der Waals surface area contributed by atoms with E-state index in [4.69, 9.17) is 0 Å². The minimum absolute atomic E-state index is 0.0790. The van der Waals surface area contributed by atoms with Gasteiger partial charge in [-0.05, 0) is 42.3 Å². The number of carbonyl (C=O) groups is 2. The molecule has 0 bridgehead atoms. The van der Waals surface area contributed by atoms with Gasteiger partial charge < -0.3 is 15.2 Å². The molecule has 27 heavy (non-hydrogen) atoms. The lowest BCUT2D eigenvalue weighted by Crippen LogP contribution is -2.26. The number of hydrogen-bond acceptors (Lipinski definition) is 3. The third kappa shape index (κ3) is 4.82. The second-order valence-electron chi connectivity index (χ2n) is 6.36. The first-order chi connectivity index (χ1) is 13.0. The van der Waals surface area contributed by atoms with Crippen LogP contribution in [0.5, 0.6) is 0 Å². The lowest BCUT2D eigenvalue weighted by Gasteiger charge is -2.15. The van der Waals surface area contributed by atoms with Crippen LogP contribution in [-0.2, 0) is 11.3 Å². The highest BCUT2D eigenvalue weighted by atomic mass is 16.2. The fraction of sp³-hybridized carbons (Fsp3) is 0.190. The summed E-state index contributed by atoms with van der Waals surface area (Å²) in [6, 6.07) is 15.1. The van der Waals surface area contributed by atoms with Gasteiger partial charge in [-0.25, -0.2) is 4.98 Å². The minimum atomic E-state index is -0.132. The van der Waals surface area contributed by atoms with Gasteiger partial charge in [0.15, 0.2) is 0 Å². The topological polar surface area (TPSA) is 76.0 Å². The van der Waals surface area contributed by atoms with E-state index in [-0.39, 0.29) is 17.9 Å². The largest absolute Gasteiger partial charge is 0.352 e. The van der Waals surface area contributed by atoms with Crippen molar-refractivity contribution in [3.8, 4) is 5.69 Å². The van der Waals surface area contributed by atoms with Crippen molar-refractivity contribution < 1.29 is 9.59 Å². The van der Waals surface area contributed by atoms with Crippen LogP contribution in [0.1, 0.15) is 41.4 Å². The van der Waals surface area contributed by atoms with Gasteiger partial charge in [0.05, 0.1) is 12.4 Å². The fourth-order valence-electron chi connectivity index (χ4n) is 2.71. The highest BCUT2D eigenvalue weighted by Crippen LogP contribution is 2.16. The highest BCUT2D eigenvalue weighted by Gasteiger charge is 2.11. The van der Waals surface area contributed by atoms with Crippen LogP contribution in [0.15, 0.2) is 67.3 Å². The van der Waals surface area contributed by atoms with Gasteiger partial charge in [0.25, 0.3) is 5.91 Å². The van der Waals surface area contributed by atoms with E-state index in [0.29, 0.717) is 12.1 Å². The number of rotatable bonds is 6. The summed E-state index contributed by atoms with van der Waals surface area (Å²) < 4.78 is 1.93. The van der Waals surface area contributed by atoms with Crippen LogP contribution in [0.2, 0.25) is 0 Å². The minimum Gasteiger partial charge on any atom is -0.352 e. The van der Waals surface area contributed by atoms with Crippen molar-refractivity contribution in [2.75, 3.05) is 0 Å². The average Bonchev–Trinajstić information content (AvgIpc) is 3.21. The third-order valence-corrected chi connectivity index (χ3v) is 4.30. The van der Waals surface area contributed by atoms with Crippen molar-refractivity contribution in [1.82, 2.24) is 20.2 Å². The van der Waals surface area contributed by atoms with Crippen LogP contribution >= 0.6 is 0 Å². The molecular formula is C21H22N4O2. The maximum absolute atomic E-state index is 12.5. The van der Waals surface area contributed by atoms with E-state index in [1.54, 1.807) is 24.7 Å². The molecule has 138 valence electrons. The zero-order valence-corrected chi connectivity index (χ0v) is 15.3. The quantitative estimate of drug-likeness (QED) is 0.708. The van der Waals surface area contributed by atoms with Crippen molar-refractivity contribution in [3.63, 3.8) is 0 Å². The zero-order valence-electron chi connectivity index (χ0n) is 15.3. The normalized spacial score (nSPS) is 11.6. The fourth-order valence-corrected chi connectivity index (χ4v) is 2.71. The second-order valence-corrected chi connectivity index (χ2v) is 6.36. The molecule has 1 aromatic heterocycles. The summed E-state index contributed by atoms with van der Waals surface area (Å²) in [6.45, 7) is 3.89. The first-order valence-corrected chi connectivity index (χ1v) is 8.75. The lowest BCUT2D eigenvalue weighted by atomic mass is 10.1. The first kappa shape index (κ1) is 18.4. The Hall–Kier alpha value is -3.41. The molecule has 2 aromatic carbocycles. The summed E-state index contributed by atoms with van der Waals surface area (Å²) >= 11 is 0. The number of amides is 2. The molecule has 0 aliphatic carbocycles. The Morgan fingerprint density at radius 2 is 1.78 bits per heavy atom. The number of hydrogen-bond donors (Lipinski definition) is 2. The Kier molecular flexibility index (Phi) is 5.66. The molecule has 3 aromatic rings. The molecular weight excluding hydrogens is 340 g/mol. The predicted octanol–water partition coefficient (Wildman–Crippen LogP) is 3.00. The maximum atomic E-state index is 12.5. The smallest absolute Gasteiger partial charge is 0.251 e. The van der Waals surface area contributed by atoms with Crippen LogP contribution in [0.25, 0.3) is 5.69 Å². The Labute approximate surface area is 158 Å². The van der Waals surface area contributed by atoms with Gasteiger partial charge in [0, 0.05) is 37.1 Å². The van der Waals surface area contributed by atoms with Gasteiger partial charge in [0.1, 0.15) is 0 Å². The monoisotopic (exact) mass is 362 g/mol. The van der Waals surface area contributed by atoms with Crippen LogP contribution in [0, 0.1) is 0 Å². The highest BCUT2D eigenvalue weighted by molar-refractivity contribution is 5.94. The zero-order chi connectivity index (χ0) is 19.2. The van der Waals surface area contributed by atoms with Gasteiger partial charge in [-0.1, -0.05) is 24.3 Å². The Morgan fingerprint density at radius 1 is 1.07 bits per heavy atom. The summed E-state index contributed by atoms with van der Waals surface area (Å²) in [5, 5.41) is 5.74. The summed E-state index contributed by atoms with van der Waals surface area (Å²) in [7, 11) is 0. The van der Waals surface area contributed by atoms with Crippen LogP contribution in [0.4, 0.5) is 0 Å². The van der Waals surface area contributed by atoms with E-state index in [9.17, 15) is 9.59 Å². The lowest BCUT2D eigenvalue weighted by molar-refractivity contribution is -0.119.